The van der Waals surface area contributed by atoms with Gasteiger partial charge in [0.2, 0.25) is 0 Å². The Labute approximate surface area is 111 Å². The molecule has 0 N–H and O–H groups in total. The van der Waals surface area contributed by atoms with Gasteiger partial charge in [0.1, 0.15) is 0 Å². The number of terminal acetylenes is 1. The Morgan fingerprint density at radius 3 is 2.89 bits per heavy atom. The fourth-order valence-corrected chi connectivity index (χ4v) is 3.00. The van der Waals surface area contributed by atoms with E-state index >= 15 is 0 Å². The lowest BCUT2D eigenvalue weighted by Gasteiger charge is -2.18. The van der Waals surface area contributed by atoms with Crippen LogP contribution in [0.1, 0.15) is 12.0 Å². The van der Waals surface area contributed by atoms with Crippen molar-refractivity contribution in [3.8, 4) is 12.3 Å². The standard InChI is InChI=1S/C14H13NO2S/c1-3-9-14(13(16)17-2)10-18-12(15-14)11-7-5-4-6-8-11/h1,4-8H,9-10H2,2H3/t14-/m0/s1. The SMILES string of the molecule is C#CC[C@@]1(C(=O)OC)CSC(c2ccccc2)=N1. The number of methoxy groups -OCH3 is 1. The highest BCUT2D eigenvalue weighted by molar-refractivity contribution is 8.14. The van der Waals surface area contributed by atoms with Crippen molar-refractivity contribution in [3.63, 3.8) is 0 Å². The van der Waals surface area contributed by atoms with Crippen molar-refractivity contribution in [1.82, 2.24) is 0 Å². The molecule has 0 radical (unpaired) electrons. The van der Waals surface area contributed by atoms with Crippen LogP contribution in [-0.4, -0.2) is 29.4 Å². The molecule has 1 aliphatic heterocycles. The molecule has 3 nitrogen and oxygen atoms in total. The molecule has 0 saturated heterocycles. The molecule has 0 fully saturated rings. The molecule has 4 heteroatoms. The zero-order valence-electron chi connectivity index (χ0n) is 10.1. The van der Waals surface area contributed by atoms with Gasteiger partial charge in [0.25, 0.3) is 0 Å². The molecule has 0 aliphatic carbocycles. The highest BCUT2D eigenvalue weighted by atomic mass is 32.2. The van der Waals surface area contributed by atoms with E-state index < -0.39 is 5.54 Å². The molecule has 1 aromatic rings. The van der Waals surface area contributed by atoms with Gasteiger partial charge in [0.15, 0.2) is 5.54 Å². The van der Waals surface area contributed by atoms with Crippen LogP contribution in [0, 0.1) is 12.3 Å². The van der Waals surface area contributed by atoms with Gasteiger partial charge in [-0.05, 0) is 0 Å². The minimum atomic E-state index is -0.917. The van der Waals surface area contributed by atoms with Crippen LogP contribution in [0.3, 0.4) is 0 Å². The number of aliphatic imine (C=N–C) groups is 1. The molecule has 0 spiro atoms. The largest absolute Gasteiger partial charge is 0.467 e. The minimum absolute atomic E-state index is 0.267. The summed E-state index contributed by atoms with van der Waals surface area (Å²) in [5.74, 6) is 2.69. The molecular formula is C14H13NO2S. The van der Waals surface area contributed by atoms with E-state index in [9.17, 15) is 4.79 Å². The van der Waals surface area contributed by atoms with E-state index in [-0.39, 0.29) is 12.4 Å². The number of rotatable bonds is 3. The fourth-order valence-electron chi connectivity index (χ4n) is 1.80. The van der Waals surface area contributed by atoms with Gasteiger partial charge in [-0.25, -0.2) is 4.79 Å². The predicted molar refractivity (Wildman–Crippen MR) is 73.6 cm³/mol. The maximum Gasteiger partial charge on any atom is 0.335 e. The first kappa shape index (κ1) is 12.7. The second-order valence-electron chi connectivity index (χ2n) is 3.98. The normalized spacial score (nSPS) is 22.1. The van der Waals surface area contributed by atoms with E-state index in [1.807, 2.05) is 30.3 Å². The average Bonchev–Trinajstić information content (AvgIpc) is 2.85. The van der Waals surface area contributed by atoms with E-state index in [1.54, 1.807) is 0 Å². The van der Waals surface area contributed by atoms with E-state index in [2.05, 4.69) is 10.9 Å². The summed E-state index contributed by atoms with van der Waals surface area (Å²) in [4.78, 5) is 16.4. The summed E-state index contributed by atoms with van der Waals surface area (Å²) in [6.07, 6.45) is 5.60. The molecule has 0 bridgehead atoms. The van der Waals surface area contributed by atoms with E-state index in [1.165, 1.54) is 18.9 Å². The number of nitrogens with zero attached hydrogens (tertiary/aromatic N) is 1. The fraction of sp³-hybridized carbons (Fsp3) is 0.286. The van der Waals surface area contributed by atoms with Crippen molar-refractivity contribution in [3.05, 3.63) is 35.9 Å². The average molecular weight is 259 g/mol. The molecule has 1 aromatic carbocycles. The van der Waals surface area contributed by atoms with E-state index in [0.717, 1.165) is 10.6 Å². The Morgan fingerprint density at radius 2 is 2.28 bits per heavy atom. The zero-order valence-corrected chi connectivity index (χ0v) is 10.9. The number of esters is 1. The van der Waals surface area contributed by atoms with Crippen molar-refractivity contribution < 1.29 is 9.53 Å². The van der Waals surface area contributed by atoms with Gasteiger partial charge >= 0.3 is 5.97 Å². The molecule has 0 amide bonds. The van der Waals surface area contributed by atoms with Crippen molar-refractivity contribution in [1.29, 1.82) is 0 Å². The second kappa shape index (κ2) is 5.28. The van der Waals surface area contributed by atoms with Crippen LogP contribution < -0.4 is 0 Å². The van der Waals surface area contributed by atoms with Crippen LogP contribution in [0.4, 0.5) is 0 Å². The smallest absolute Gasteiger partial charge is 0.335 e. The highest BCUT2D eigenvalue weighted by Crippen LogP contribution is 2.34. The Balaban J connectivity index is 2.35. The van der Waals surface area contributed by atoms with Gasteiger partial charge < -0.3 is 4.74 Å². The molecule has 0 unspecified atom stereocenters. The summed E-state index contributed by atoms with van der Waals surface area (Å²) in [5.41, 5.74) is 0.0876. The molecular weight excluding hydrogens is 246 g/mol. The van der Waals surface area contributed by atoms with Gasteiger partial charge in [-0.3, -0.25) is 4.99 Å². The summed E-state index contributed by atoms with van der Waals surface area (Å²) in [5, 5.41) is 0.844. The Hall–Kier alpha value is -1.73. The first-order valence-corrected chi connectivity index (χ1v) is 6.50. The lowest BCUT2D eigenvalue weighted by molar-refractivity contribution is -0.145. The van der Waals surface area contributed by atoms with Crippen molar-refractivity contribution in [2.75, 3.05) is 12.9 Å². The van der Waals surface area contributed by atoms with Gasteiger partial charge in [-0.2, -0.15) is 0 Å². The van der Waals surface area contributed by atoms with Crippen LogP contribution in [0.15, 0.2) is 35.3 Å². The number of carbonyl (C=O) groups excluding carboxylic acids is 1. The molecule has 92 valence electrons. The van der Waals surface area contributed by atoms with Crippen LogP contribution in [-0.2, 0) is 9.53 Å². The van der Waals surface area contributed by atoms with E-state index in [0.29, 0.717) is 5.75 Å². The molecule has 2 rings (SSSR count). The van der Waals surface area contributed by atoms with Gasteiger partial charge in [-0.1, -0.05) is 30.3 Å². The van der Waals surface area contributed by atoms with Crippen LogP contribution in [0.5, 0.6) is 0 Å². The number of benzene rings is 1. The molecule has 0 aromatic heterocycles. The summed E-state index contributed by atoms with van der Waals surface area (Å²) >= 11 is 1.54. The molecule has 1 aliphatic rings. The van der Waals surface area contributed by atoms with Gasteiger partial charge in [0, 0.05) is 17.7 Å². The summed E-state index contributed by atoms with van der Waals surface area (Å²) in [6, 6.07) is 9.76. The highest BCUT2D eigenvalue weighted by Gasteiger charge is 2.43. The predicted octanol–water partition coefficient (Wildman–Crippen LogP) is 2.12. The lowest BCUT2D eigenvalue weighted by atomic mass is 9.99. The molecule has 1 atom stereocenters. The second-order valence-corrected chi connectivity index (χ2v) is 4.94. The van der Waals surface area contributed by atoms with Crippen LogP contribution in [0.2, 0.25) is 0 Å². The number of thioether (sulfide) groups is 1. The van der Waals surface area contributed by atoms with E-state index in [4.69, 9.17) is 11.2 Å². The number of hydrogen-bond donors (Lipinski definition) is 0. The molecule has 18 heavy (non-hydrogen) atoms. The van der Waals surface area contributed by atoms with Crippen molar-refractivity contribution in [2.45, 2.75) is 12.0 Å². The Bertz CT molecular complexity index is 518. The molecule has 0 saturated carbocycles. The van der Waals surface area contributed by atoms with Crippen molar-refractivity contribution in [2.24, 2.45) is 4.99 Å². The third kappa shape index (κ3) is 2.27. The monoisotopic (exact) mass is 259 g/mol. The minimum Gasteiger partial charge on any atom is -0.467 e. The Morgan fingerprint density at radius 1 is 1.56 bits per heavy atom. The summed E-state index contributed by atoms with van der Waals surface area (Å²) in [7, 11) is 1.36. The Kier molecular flexibility index (Phi) is 3.73. The topological polar surface area (TPSA) is 38.7 Å². The van der Waals surface area contributed by atoms with Crippen molar-refractivity contribution >= 4 is 22.8 Å². The number of hydrogen-bond acceptors (Lipinski definition) is 4. The van der Waals surface area contributed by atoms with Crippen LogP contribution in [0.25, 0.3) is 0 Å². The third-order valence-corrected chi connectivity index (χ3v) is 3.97. The van der Waals surface area contributed by atoms with Crippen LogP contribution >= 0.6 is 11.8 Å². The maximum atomic E-state index is 11.9. The summed E-state index contributed by atoms with van der Waals surface area (Å²) < 4.78 is 4.82. The third-order valence-electron chi connectivity index (χ3n) is 2.74. The first-order valence-electron chi connectivity index (χ1n) is 5.52. The maximum absolute atomic E-state index is 11.9. The zero-order chi connectivity index (χ0) is 13.0. The quantitative estimate of drug-likeness (QED) is 0.616. The van der Waals surface area contributed by atoms with Gasteiger partial charge in [-0.15, -0.1) is 24.1 Å². The lowest BCUT2D eigenvalue weighted by Crippen LogP contribution is -2.38. The summed E-state index contributed by atoms with van der Waals surface area (Å²) in [6.45, 7) is 0. The van der Waals surface area contributed by atoms with Gasteiger partial charge in [0.05, 0.1) is 12.2 Å². The molecule has 1 heterocycles. The first-order chi connectivity index (χ1) is 8.72. The number of carbonyl (C=O) groups is 1. The number of ether oxygens (including phenoxy) is 1.